The van der Waals surface area contributed by atoms with E-state index >= 15 is 0 Å². The Kier molecular flexibility index (Phi) is 3.01. The maximum Gasteiger partial charge on any atom is 0.256 e. The van der Waals surface area contributed by atoms with E-state index in [-0.39, 0.29) is 19.4 Å². The Labute approximate surface area is 162 Å². The minimum Gasteiger partial charge on any atom is -0.267 e. The topological polar surface area (TPSA) is 72.3 Å². The molecule has 5 heterocycles. The van der Waals surface area contributed by atoms with Gasteiger partial charge in [0.25, 0.3) is 5.92 Å². The van der Waals surface area contributed by atoms with Gasteiger partial charge in [0.05, 0.1) is 30.0 Å². The molecule has 4 aromatic rings. The number of hydrogen-bond acceptors (Lipinski definition) is 4. The average molecular weight is 396 g/mol. The van der Waals surface area contributed by atoms with Crippen molar-refractivity contribution in [3.8, 4) is 22.5 Å². The van der Waals surface area contributed by atoms with Crippen LogP contribution in [0.1, 0.15) is 17.8 Å². The largest absolute Gasteiger partial charge is 0.267 e. The molecular formula is C20H15F3N6. The summed E-state index contributed by atoms with van der Waals surface area (Å²) in [5.41, 5.74) is 3.66. The molecule has 0 amide bonds. The van der Waals surface area contributed by atoms with Gasteiger partial charge in [-0.05, 0) is 25.1 Å². The maximum absolute atomic E-state index is 14.1. The molecule has 2 aliphatic rings. The van der Waals surface area contributed by atoms with E-state index in [9.17, 15) is 13.2 Å². The van der Waals surface area contributed by atoms with Gasteiger partial charge in [0.2, 0.25) is 0 Å². The van der Waals surface area contributed by atoms with Crippen molar-refractivity contribution in [2.24, 2.45) is 5.41 Å². The van der Waals surface area contributed by atoms with E-state index in [1.54, 1.807) is 16.9 Å². The molecule has 1 N–H and O–H groups in total. The second kappa shape index (κ2) is 5.22. The number of pyridine rings is 2. The van der Waals surface area contributed by atoms with Crippen LogP contribution in [0.3, 0.4) is 0 Å². The Morgan fingerprint density at radius 1 is 1.21 bits per heavy atom. The van der Waals surface area contributed by atoms with Crippen LogP contribution in [0.15, 0.2) is 30.6 Å². The smallest absolute Gasteiger partial charge is 0.256 e. The molecule has 1 spiro atoms. The molecule has 1 unspecified atom stereocenters. The van der Waals surface area contributed by atoms with Crippen molar-refractivity contribution >= 4 is 11.0 Å². The summed E-state index contributed by atoms with van der Waals surface area (Å²) >= 11 is 0. The second-order valence-electron chi connectivity index (χ2n) is 7.97. The molecule has 4 aromatic heterocycles. The third-order valence-corrected chi connectivity index (χ3v) is 6.02. The van der Waals surface area contributed by atoms with E-state index in [0.717, 1.165) is 34.1 Å². The van der Waals surface area contributed by atoms with Gasteiger partial charge in [-0.2, -0.15) is 10.2 Å². The zero-order valence-corrected chi connectivity index (χ0v) is 15.4. The molecule has 0 saturated heterocycles. The number of fused-ring (bicyclic) bond motifs is 2. The van der Waals surface area contributed by atoms with E-state index in [1.165, 1.54) is 6.07 Å². The fraction of sp³-hybridized carbons (Fsp3) is 0.300. The molecule has 1 fully saturated rings. The number of aromatic nitrogens is 6. The van der Waals surface area contributed by atoms with Gasteiger partial charge in [-0.3, -0.25) is 14.8 Å². The Balaban J connectivity index is 1.62. The normalized spacial score (nSPS) is 21.8. The lowest BCUT2D eigenvalue weighted by molar-refractivity contribution is 0.0630. The number of nitrogens with one attached hydrogen (secondary N) is 1. The van der Waals surface area contributed by atoms with E-state index in [0.29, 0.717) is 17.0 Å². The third-order valence-electron chi connectivity index (χ3n) is 6.02. The van der Waals surface area contributed by atoms with Crippen LogP contribution in [0, 0.1) is 18.2 Å². The number of nitrogens with zero attached hydrogens (tertiary/aromatic N) is 5. The van der Waals surface area contributed by atoms with Crippen molar-refractivity contribution in [1.29, 1.82) is 0 Å². The molecule has 1 aliphatic heterocycles. The van der Waals surface area contributed by atoms with Crippen LogP contribution in [-0.2, 0) is 13.0 Å². The Hall–Kier alpha value is -3.23. The fourth-order valence-corrected chi connectivity index (χ4v) is 4.46. The van der Waals surface area contributed by atoms with Gasteiger partial charge in [-0.15, -0.1) is 0 Å². The SMILES string of the molecule is Cc1cc(-c2c(-c3ccc(F)cn3)nn3c2CC2(C3)CC2(F)F)c2cn[nH]c2n1. The first kappa shape index (κ1) is 16.7. The van der Waals surface area contributed by atoms with Crippen molar-refractivity contribution in [3.05, 3.63) is 47.8 Å². The van der Waals surface area contributed by atoms with Crippen LogP contribution in [0.5, 0.6) is 0 Å². The highest BCUT2D eigenvalue weighted by atomic mass is 19.3. The zero-order chi connectivity index (χ0) is 20.0. The molecule has 146 valence electrons. The highest BCUT2D eigenvalue weighted by Gasteiger charge is 2.73. The summed E-state index contributed by atoms with van der Waals surface area (Å²) in [5, 5.41) is 12.4. The van der Waals surface area contributed by atoms with E-state index in [2.05, 4.69) is 25.3 Å². The summed E-state index contributed by atoms with van der Waals surface area (Å²) in [6.07, 6.45) is 2.92. The third kappa shape index (κ3) is 2.24. The Bertz CT molecular complexity index is 1290. The van der Waals surface area contributed by atoms with Crippen LogP contribution in [0.4, 0.5) is 13.2 Å². The van der Waals surface area contributed by atoms with E-state index in [4.69, 9.17) is 0 Å². The molecule has 0 aromatic carbocycles. The van der Waals surface area contributed by atoms with Gasteiger partial charge in [-0.1, -0.05) is 0 Å². The lowest BCUT2D eigenvalue weighted by atomic mass is 9.94. The number of alkyl halides is 2. The number of H-pyrrole nitrogens is 1. The number of rotatable bonds is 2. The molecule has 6 rings (SSSR count). The van der Waals surface area contributed by atoms with Crippen molar-refractivity contribution < 1.29 is 13.2 Å². The summed E-state index contributed by atoms with van der Waals surface area (Å²) < 4.78 is 43.2. The van der Waals surface area contributed by atoms with Crippen molar-refractivity contribution in [2.45, 2.75) is 32.2 Å². The quantitative estimate of drug-likeness (QED) is 0.558. The summed E-state index contributed by atoms with van der Waals surface area (Å²) in [7, 11) is 0. The molecule has 9 heteroatoms. The van der Waals surface area contributed by atoms with Crippen LogP contribution in [-0.4, -0.2) is 35.9 Å². The van der Waals surface area contributed by atoms with Crippen LogP contribution >= 0.6 is 0 Å². The lowest BCUT2D eigenvalue weighted by Crippen LogP contribution is -2.13. The monoisotopic (exact) mass is 396 g/mol. The van der Waals surface area contributed by atoms with Crippen molar-refractivity contribution in [1.82, 2.24) is 29.9 Å². The maximum atomic E-state index is 14.1. The van der Waals surface area contributed by atoms with Gasteiger partial charge in [-0.25, -0.2) is 18.2 Å². The first-order valence-electron chi connectivity index (χ1n) is 9.27. The second-order valence-corrected chi connectivity index (χ2v) is 7.97. The van der Waals surface area contributed by atoms with Gasteiger partial charge in [0.15, 0.2) is 5.65 Å². The van der Waals surface area contributed by atoms with E-state index < -0.39 is 17.2 Å². The molecule has 29 heavy (non-hydrogen) atoms. The molecule has 1 saturated carbocycles. The van der Waals surface area contributed by atoms with Crippen LogP contribution in [0.25, 0.3) is 33.5 Å². The lowest BCUT2D eigenvalue weighted by Gasteiger charge is -2.10. The first-order valence-corrected chi connectivity index (χ1v) is 9.27. The highest BCUT2D eigenvalue weighted by Crippen LogP contribution is 2.66. The summed E-state index contributed by atoms with van der Waals surface area (Å²) in [4.78, 5) is 8.63. The number of hydrogen-bond donors (Lipinski definition) is 1. The van der Waals surface area contributed by atoms with Gasteiger partial charge >= 0.3 is 0 Å². The molecule has 6 nitrogen and oxygen atoms in total. The molecule has 1 atom stereocenters. The fourth-order valence-electron chi connectivity index (χ4n) is 4.46. The number of aryl methyl sites for hydroxylation is 1. The standard InChI is InChI=1S/C20H15F3N6/c1-10-4-12(13-7-25-27-18(13)26-10)16-15-5-19(8-20(19,22)23)9-29(15)28-17(16)14-3-2-11(21)6-24-14/h2-4,6-7H,5,8-9H2,1H3,(H,25,26,27). The average Bonchev–Trinajstić information content (AvgIpc) is 3.11. The van der Waals surface area contributed by atoms with Crippen LogP contribution in [0.2, 0.25) is 0 Å². The Morgan fingerprint density at radius 2 is 2.03 bits per heavy atom. The van der Waals surface area contributed by atoms with Gasteiger partial charge in [0.1, 0.15) is 11.5 Å². The summed E-state index contributed by atoms with van der Waals surface area (Å²) in [6.45, 7) is 2.03. The first-order chi connectivity index (χ1) is 13.9. The molecular weight excluding hydrogens is 381 g/mol. The molecule has 0 radical (unpaired) electrons. The molecule has 1 aliphatic carbocycles. The highest BCUT2D eigenvalue weighted by molar-refractivity contribution is 5.97. The van der Waals surface area contributed by atoms with Crippen LogP contribution < -0.4 is 0 Å². The minimum atomic E-state index is -2.67. The predicted octanol–water partition coefficient (Wildman–Crippen LogP) is 3.91. The summed E-state index contributed by atoms with van der Waals surface area (Å²) in [5.74, 6) is -3.12. The molecule has 0 bridgehead atoms. The number of aromatic amines is 1. The summed E-state index contributed by atoms with van der Waals surface area (Å²) in [6, 6.07) is 4.77. The van der Waals surface area contributed by atoms with Crippen molar-refractivity contribution in [3.63, 3.8) is 0 Å². The van der Waals surface area contributed by atoms with Gasteiger partial charge < -0.3 is 0 Å². The zero-order valence-electron chi connectivity index (χ0n) is 15.4. The van der Waals surface area contributed by atoms with Gasteiger partial charge in [0, 0.05) is 40.7 Å². The number of halogens is 3. The predicted molar refractivity (Wildman–Crippen MR) is 98.7 cm³/mol. The van der Waals surface area contributed by atoms with Crippen molar-refractivity contribution in [2.75, 3.05) is 0 Å². The Morgan fingerprint density at radius 3 is 2.76 bits per heavy atom. The van der Waals surface area contributed by atoms with E-state index in [1.807, 2.05) is 13.0 Å². The minimum absolute atomic E-state index is 0.122.